The molecule has 0 aliphatic heterocycles. The highest BCUT2D eigenvalue weighted by Crippen LogP contribution is 2.21. The minimum Gasteiger partial charge on any atom is -0.441 e. The monoisotopic (exact) mass is 272 g/mol. The smallest absolute Gasteiger partial charge is 0.412 e. The van der Waals surface area contributed by atoms with Gasteiger partial charge in [0.25, 0.3) is 0 Å². The normalized spacial score (nSPS) is 11.4. The van der Waals surface area contributed by atoms with Crippen molar-refractivity contribution >= 4 is 22.4 Å². The fourth-order valence-electron chi connectivity index (χ4n) is 1.51. The summed E-state index contributed by atoms with van der Waals surface area (Å²) in [7, 11) is 0. The maximum absolute atomic E-state index is 11.7. The average Bonchev–Trinajstić information content (AvgIpc) is 2.86. The molecular formula is C14H12N2O2S. The number of benzene rings is 1. The van der Waals surface area contributed by atoms with Gasteiger partial charge in [0.1, 0.15) is 16.8 Å². The standard InChI is InChI=1S/C14H12N2O2S/c1-3-12-13(19-9-15-12)16-14(17)18-10(2)11-7-5-4-6-8-11/h1,4-10H,2H3,(H,16,17)/t10-/m1/s1. The van der Waals surface area contributed by atoms with E-state index in [1.54, 1.807) is 5.51 Å². The van der Waals surface area contributed by atoms with Gasteiger partial charge in [-0.05, 0) is 18.4 Å². The van der Waals surface area contributed by atoms with Crippen molar-refractivity contribution in [3.05, 3.63) is 47.1 Å². The van der Waals surface area contributed by atoms with Crippen LogP contribution in [0.3, 0.4) is 0 Å². The Morgan fingerprint density at radius 3 is 2.89 bits per heavy atom. The number of terminal acetylenes is 1. The van der Waals surface area contributed by atoms with Gasteiger partial charge in [-0.2, -0.15) is 0 Å². The lowest BCUT2D eigenvalue weighted by Crippen LogP contribution is -2.15. The average molecular weight is 272 g/mol. The zero-order valence-corrected chi connectivity index (χ0v) is 11.1. The molecule has 2 rings (SSSR count). The number of aromatic nitrogens is 1. The van der Waals surface area contributed by atoms with E-state index < -0.39 is 6.09 Å². The third-order valence-electron chi connectivity index (χ3n) is 2.47. The summed E-state index contributed by atoms with van der Waals surface area (Å²) in [6.07, 6.45) is 4.39. The van der Waals surface area contributed by atoms with Gasteiger partial charge < -0.3 is 4.74 Å². The molecule has 19 heavy (non-hydrogen) atoms. The molecule has 0 fully saturated rings. The van der Waals surface area contributed by atoms with Crippen LogP contribution in [0.5, 0.6) is 0 Å². The lowest BCUT2D eigenvalue weighted by molar-refractivity contribution is 0.121. The van der Waals surface area contributed by atoms with Crippen LogP contribution in [0.2, 0.25) is 0 Å². The Balaban J connectivity index is 1.97. The van der Waals surface area contributed by atoms with E-state index in [1.165, 1.54) is 11.3 Å². The number of carbonyl (C=O) groups excluding carboxylic acids is 1. The molecule has 0 bridgehead atoms. The van der Waals surface area contributed by atoms with E-state index in [0.717, 1.165) is 5.56 Å². The minimum absolute atomic E-state index is 0.330. The van der Waals surface area contributed by atoms with Gasteiger partial charge in [0, 0.05) is 0 Å². The maximum atomic E-state index is 11.7. The van der Waals surface area contributed by atoms with Crippen molar-refractivity contribution in [2.45, 2.75) is 13.0 Å². The molecule has 1 heterocycles. The van der Waals surface area contributed by atoms with Gasteiger partial charge >= 0.3 is 6.09 Å². The quantitative estimate of drug-likeness (QED) is 0.871. The number of hydrogen-bond acceptors (Lipinski definition) is 4. The number of thiazole rings is 1. The zero-order chi connectivity index (χ0) is 13.7. The highest BCUT2D eigenvalue weighted by Gasteiger charge is 2.13. The Morgan fingerprint density at radius 1 is 1.47 bits per heavy atom. The second-order valence-electron chi connectivity index (χ2n) is 3.76. The lowest BCUT2D eigenvalue weighted by atomic mass is 10.1. The van der Waals surface area contributed by atoms with Crippen LogP contribution in [0.15, 0.2) is 35.8 Å². The summed E-state index contributed by atoms with van der Waals surface area (Å²) in [5.41, 5.74) is 2.92. The Morgan fingerprint density at radius 2 is 2.21 bits per heavy atom. The number of nitrogens with zero attached hydrogens (tertiary/aromatic N) is 1. The van der Waals surface area contributed by atoms with Crippen LogP contribution in [0.1, 0.15) is 24.3 Å². The van der Waals surface area contributed by atoms with Crippen LogP contribution >= 0.6 is 11.3 Å². The van der Waals surface area contributed by atoms with Crippen LogP contribution in [0.4, 0.5) is 9.80 Å². The van der Waals surface area contributed by atoms with Crippen molar-refractivity contribution < 1.29 is 9.53 Å². The summed E-state index contributed by atoms with van der Waals surface area (Å²) in [6, 6.07) is 9.50. The Labute approximate surface area is 115 Å². The molecule has 1 amide bonds. The van der Waals surface area contributed by atoms with Gasteiger partial charge in [0.2, 0.25) is 0 Å². The number of rotatable bonds is 3. The molecule has 1 aromatic heterocycles. The number of carbonyl (C=O) groups is 1. The van der Waals surface area contributed by atoms with Gasteiger partial charge in [-0.15, -0.1) is 17.8 Å². The molecule has 0 radical (unpaired) electrons. The van der Waals surface area contributed by atoms with Crippen LogP contribution in [-0.2, 0) is 4.74 Å². The first-order chi connectivity index (χ1) is 9.20. The summed E-state index contributed by atoms with van der Waals surface area (Å²) < 4.78 is 5.27. The van der Waals surface area contributed by atoms with Crippen molar-refractivity contribution in [1.82, 2.24) is 4.98 Å². The third kappa shape index (κ3) is 3.33. The van der Waals surface area contributed by atoms with E-state index in [-0.39, 0.29) is 6.10 Å². The van der Waals surface area contributed by atoms with Crippen molar-refractivity contribution in [1.29, 1.82) is 0 Å². The fraction of sp³-hybridized carbons (Fsp3) is 0.143. The summed E-state index contributed by atoms with van der Waals surface area (Å²) in [4.78, 5) is 15.7. The van der Waals surface area contributed by atoms with Gasteiger partial charge in [0.15, 0.2) is 0 Å². The SMILES string of the molecule is C#Cc1ncsc1NC(=O)O[C@H](C)c1ccccc1. The number of anilines is 1. The highest BCUT2D eigenvalue weighted by atomic mass is 32.1. The molecule has 96 valence electrons. The molecule has 4 nitrogen and oxygen atoms in total. The second-order valence-corrected chi connectivity index (χ2v) is 4.61. The van der Waals surface area contributed by atoms with Gasteiger partial charge in [-0.1, -0.05) is 30.3 Å². The van der Waals surface area contributed by atoms with Gasteiger partial charge in [0.05, 0.1) is 5.51 Å². The Hall–Kier alpha value is -2.32. The Kier molecular flexibility index (Phi) is 4.16. The predicted octanol–water partition coefficient (Wildman–Crippen LogP) is 3.43. The molecule has 0 spiro atoms. The van der Waals surface area contributed by atoms with Crippen LogP contribution in [0, 0.1) is 12.3 Å². The summed E-state index contributed by atoms with van der Waals surface area (Å²) in [5, 5.41) is 3.12. The lowest BCUT2D eigenvalue weighted by Gasteiger charge is -2.13. The number of nitrogens with one attached hydrogen (secondary N) is 1. The molecule has 0 saturated carbocycles. The van der Waals surface area contributed by atoms with Crippen molar-refractivity contribution in [2.75, 3.05) is 5.32 Å². The molecule has 1 aromatic carbocycles. The molecule has 0 aliphatic rings. The van der Waals surface area contributed by atoms with Crippen LogP contribution in [0.25, 0.3) is 0 Å². The molecule has 1 N–H and O–H groups in total. The third-order valence-corrected chi connectivity index (χ3v) is 3.21. The molecule has 0 saturated heterocycles. The van der Waals surface area contributed by atoms with E-state index in [4.69, 9.17) is 11.2 Å². The van der Waals surface area contributed by atoms with Crippen LogP contribution < -0.4 is 5.32 Å². The van der Waals surface area contributed by atoms with E-state index >= 15 is 0 Å². The van der Waals surface area contributed by atoms with E-state index in [9.17, 15) is 4.79 Å². The minimum atomic E-state index is -0.544. The summed E-state index contributed by atoms with van der Waals surface area (Å²) in [5.74, 6) is 2.39. The Bertz CT molecular complexity index is 601. The topological polar surface area (TPSA) is 51.2 Å². The van der Waals surface area contributed by atoms with Gasteiger partial charge in [-0.25, -0.2) is 9.78 Å². The molecular weight excluding hydrogens is 260 g/mol. The summed E-state index contributed by atoms with van der Waals surface area (Å²) in [6.45, 7) is 1.81. The van der Waals surface area contributed by atoms with E-state index in [2.05, 4.69) is 16.2 Å². The zero-order valence-electron chi connectivity index (χ0n) is 10.3. The van der Waals surface area contributed by atoms with E-state index in [1.807, 2.05) is 37.3 Å². The second kappa shape index (κ2) is 6.03. The highest BCUT2D eigenvalue weighted by molar-refractivity contribution is 7.14. The largest absolute Gasteiger partial charge is 0.441 e. The molecule has 1 atom stereocenters. The molecule has 0 unspecified atom stereocenters. The number of amides is 1. The maximum Gasteiger partial charge on any atom is 0.412 e. The molecule has 2 aromatic rings. The van der Waals surface area contributed by atoms with Crippen molar-refractivity contribution in [3.63, 3.8) is 0 Å². The van der Waals surface area contributed by atoms with Crippen molar-refractivity contribution in [3.8, 4) is 12.3 Å². The summed E-state index contributed by atoms with van der Waals surface area (Å²) >= 11 is 1.26. The number of hydrogen-bond donors (Lipinski definition) is 1. The predicted molar refractivity (Wildman–Crippen MR) is 75.0 cm³/mol. The fourth-order valence-corrected chi connectivity index (χ4v) is 2.14. The first-order valence-electron chi connectivity index (χ1n) is 5.63. The van der Waals surface area contributed by atoms with Gasteiger partial charge in [-0.3, -0.25) is 5.32 Å². The number of ether oxygens (including phenoxy) is 1. The van der Waals surface area contributed by atoms with Crippen molar-refractivity contribution in [2.24, 2.45) is 0 Å². The molecule has 0 aliphatic carbocycles. The first-order valence-corrected chi connectivity index (χ1v) is 6.51. The van der Waals surface area contributed by atoms with Crippen LogP contribution in [-0.4, -0.2) is 11.1 Å². The molecule has 5 heteroatoms. The first kappa shape index (κ1) is 13.1. The van der Waals surface area contributed by atoms with E-state index in [0.29, 0.717) is 10.7 Å².